The molecular weight excluding hydrogens is 228 g/mol. The van der Waals surface area contributed by atoms with E-state index < -0.39 is 0 Å². The molecule has 1 aliphatic carbocycles. The number of allylic oxidation sites excluding steroid dienone is 2. The number of halogens is 1. The summed E-state index contributed by atoms with van der Waals surface area (Å²) >= 11 is 5.99. The van der Waals surface area contributed by atoms with E-state index in [1.54, 1.807) is 6.08 Å². The average Bonchev–Trinajstić information content (AvgIpc) is 2.28. The summed E-state index contributed by atoms with van der Waals surface area (Å²) in [5.74, 6) is 1.86. The van der Waals surface area contributed by atoms with Gasteiger partial charge in [-0.25, -0.2) is 4.79 Å². The Morgan fingerprint density at radius 1 is 1.56 bits per heavy atom. The van der Waals surface area contributed by atoms with Gasteiger partial charge in [0.25, 0.3) is 0 Å². The highest BCUT2D eigenvalue weighted by molar-refractivity contribution is 6.32. The minimum absolute atomic E-state index is 0.225. The van der Waals surface area contributed by atoms with Crippen LogP contribution in [0.2, 0.25) is 5.15 Å². The molecule has 0 atom stereocenters. The number of carbonyl (C=O) groups excluding carboxylic acids is 1. The summed E-state index contributed by atoms with van der Waals surface area (Å²) < 4.78 is 5.17. The lowest BCUT2D eigenvalue weighted by Gasteiger charge is -2.12. The normalized spacial score (nSPS) is 13.2. The Kier molecular flexibility index (Phi) is 3.04. The largest absolute Gasteiger partial charge is 0.464 e. The molecule has 16 heavy (non-hydrogen) atoms. The van der Waals surface area contributed by atoms with Crippen LogP contribution in [-0.2, 0) is 4.79 Å². The molecule has 0 unspecified atom stereocenters. The third-order valence-corrected chi connectivity index (χ3v) is 2.44. The molecule has 0 N–H and O–H groups in total. The molecule has 82 valence electrons. The summed E-state index contributed by atoms with van der Waals surface area (Å²) in [7, 11) is 0. The van der Waals surface area contributed by atoms with Crippen molar-refractivity contribution in [2.24, 2.45) is 0 Å². The van der Waals surface area contributed by atoms with Crippen LogP contribution in [0, 0.1) is 0 Å². The van der Waals surface area contributed by atoms with Gasteiger partial charge in [0.05, 0.1) is 23.4 Å². The highest BCUT2D eigenvalue weighted by atomic mass is 35.5. The summed E-state index contributed by atoms with van der Waals surface area (Å²) in [5.41, 5.74) is 1.64. The van der Waals surface area contributed by atoms with Crippen LogP contribution in [0.4, 0.5) is 0 Å². The number of rotatable bonds is 2. The van der Waals surface area contributed by atoms with Gasteiger partial charge in [0, 0.05) is 6.42 Å². The molecule has 1 aromatic rings. The van der Waals surface area contributed by atoms with E-state index in [4.69, 9.17) is 16.3 Å². The monoisotopic (exact) mass is 236 g/mol. The molecule has 1 aromatic heterocycles. The lowest BCUT2D eigenvalue weighted by molar-refractivity contribution is 0.312. The Morgan fingerprint density at radius 3 is 3.06 bits per heavy atom. The van der Waals surface area contributed by atoms with Gasteiger partial charge >= 0.3 is 6.01 Å². The highest BCUT2D eigenvalue weighted by Crippen LogP contribution is 2.31. The minimum Gasteiger partial charge on any atom is -0.464 e. The van der Waals surface area contributed by atoms with Gasteiger partial charge in [-0.3, -0.25) is 0 Å². The van der Waals surface area contributed by atoms with Crippen LogP contribution >= 0.6 is 11.6 Å². The summed E-state index contributed by atoms with van der Waals surface area (Å²) in [6, 6.07) is 0.225. The van der Waals surface area contributed by atoms with E-state index in [2.05, 4.69) is 9.97 Å². The lowest BCUT2D eigenvalue weighted by Crippen LogP contribution is -2.05. The van der Waals surface area contributed by atoms with Gasteiger partial charge in [-0.05, 0) is 13.0 Å². The van der Waals surface area contributed by atoms with Crippen molar-refractivity contribution in [3.05, 3.63) is 22.5 Å². The van der Waals surface area contributed by atoms with Crippen molar-refractivity contribution in [2.75, 3.05) is 6.61 Å². The maximum atomic E-state index is 10.7. The summed E-state index contributed by atoms with van der Waals surface area (Å²) in [6.07, 6.45) is 4.14. The first-order chi connectivity index (χ1) is 7.76. The molecule has 0 bridgehead atoms. The van der Waals surface area contributed by atoms with Crippen LogP contribution < -0.4 is 4.74 Å². The first-order valence-electron chi connectivity index (χ1n) is 4.87. The molecule has 0 saturated carbocycles. The second kappa shape index (κ2) is 4.47. The van der Waals surface area contributed by atoms with Crippen molar-refractivity contribution in [2.45, 2.75) is 13.3 Å². The van der Waals surface area contributed by atoms with Gasteiger partial charge in [0.15, 0.2) is 0 Å². The Balaban J connectivity index is 2.58. The van der Waals surface area contributed by atoms with Crippen LogP contribution in [0.5, 0.6) is 6.01 Å². The zero-order valence-corrected chi connectivity index (χ0v) is 9.41. The fourth-order valence-electron chi connectivity index (χ4n) is 1.51. The first kappa shape index (κ1) is 10.9. The smallest absolute Gasteiger partial charge is 0.318 e. The van der Waals surface area contributed by atoms with Gasteiger partial charge in [-0.2, -0.15) is 9.97 Å². The van der Waals surface area contributed by atoms with Gasteiger partial charge in [-0.1, -0.05) is 17.7 Å². The Labute approximate surface area is 97.6 Å². The fraction of sp³-hybridized carbons (Fsp3) is 0.273. The average molecular weight is 237 g/mol. The standard InChI is InChI=1S/C11H9ClN2O2/c1-2-16-11-13-8-5-3-4-7(6-15)9(8)10(12)14-11/h3,5H,2,4H2,1H3. The minimum atomic E-state index is 0.225. The summed E-state index contributed by atoms with van der Waals surface area (Å²) in [4.78, 5) is 18.9. The Bertz CT molecular complexity index is 505. The number of hydrogen-bond acceptors (Lipinski definition) is 4. The van der Waals surface area contributed by atoms with E-state index >= 15 is 0 Å². The third kappa shape index (κ3) is 1.85. The molecule has 1 aliphatic rings. The van der Waals surface area contributed by atoms with Crippen LogP contribution in [0.15, 0.2) is 6.08 Å². The van der Waals surface area contributed by atoms with Crippen molar-refractivity contribution < 1.29 is 9.53 Å². The maximum absolute atomic E-state index is 10.7. The SMILES string of the molecule is CCOc1nc(Cl)c2c(n1)C=CCC2=C=O. The molecule has 0 aliphatic heterocycles. The number of fused-ring (bicyclic) bond motifs is 1. The van der Waals surface area contributed by atoms with Crippen LogP contribution in [0.1, 0.15) is 24.6 Å². The van der Waals surface area contributed by atoms with Crippen molar-refractivity contribution in [3.8, 4) is 6.01 Å². The van der Waals surface area contributed by atoms with E-state index in [9.17, 15) is 4.79 Å². The summed E-state index contributed by atoms with van der Waals surface area (Å²) in [5, 5.41) is 0.233. The molecule has 2 rings (SSSR count). The third-order valence-electron chi connectivity index (χ3n) is 2.17. The zero-order chi connectivity index (χ0) is 11.5. The maximum Gasteiger partial charge on any atom is 0.318 e. The highest BCUT2D eigenvalue weighted by Gasteiger charge is 2.19. The van der Waals surface area contributed by atoms with E-state index in [0.29, 0.717) is 29.9 Å². The van der Waals surface area contributed by atoms with E-state index in [1.165, 1.54) is 0 Å². The number of aromatic nitrogens is 2. The van der Waals surface area contributed by atoms with E-state index in [1.807, 2.05) is 18.9 Å². The predicted octanol–water partition coefficient (Wildman–Crippen LogP) is 2.16. The molecule has 0 amide bonds. The van der Waals surface area contributed by atoms with Gasteiger partial charge < -0.3 is 4.74 Å². The molecular formula is C11H9ClN2O2. The molecule has 5 heteroatoms. The molecule has 0 radical (unpaired) electrons. The second-order valence-electron chi connectivity index (χ2n) is 3.18. The topological polar surface area (TPSA) is 52.1 Å². The Morgan fingerprint density at radius 2 is 2.38 bits per heavy atom. The van der Waals surface area contributed by atoms with Crippen molar-refractivity contribution in [1.82, 2.24) is 9.97 Å². The zero-order valence-electron chi connectivity index (χ0n) is 8.66. The lowest BCUT2D eigenvalue weighted by atomic mass is 9.99. The fourth-order valence-corrected chi connectivity index (χ4v) is 1.79. The van der Waals surface area contributed by atoms with Crippen LogP contribution in [0.3, 0.4) is 0 Å². The van der Waals surface area contributed by atoms with Gasteiger partial charge in [-0.15, -0.1) is 0 Å². The number of nitrogens with zero attached hydrogens (tertiary/aromatic N) is 2. The molecule has 0 saturated heterocycles. The van der Waals surface area contributed by atoms with E-state index in [-0.39, 0.29) is 11.2 Å². The van der Waals surface area contributed by atoms with Crippen molar-refractivity contribution in [3.63, 3.8) is 0 Å². The predicted molar refractivity (Wildman–Crippen MR) is 61.0 cm³/mol. The molecule has 0 aromatic carbocycles. The number of hydrogen-bond donors (Lipinski definition) is 0. The van der Waals surface area contributed by atoms with Crippen LogP contribution in [0.25, 0.3) is 11.6 Å². The quantitative estimate of drug-likeness (QED) is 0.583. The van der Waals surface area contributed by atoms with Crippen molar-refractivity contribution in [1.29, 1.82) is 0 Å². The van der Waals surface area contributed by atoms with E-state index in [0.717, 1.165) is 0 Å². The molecule has 0 spiro atoms. The first-order valence-corrected chi connectivity index (χ1v) is 5.25. The molecule has 1 heterocycles. The van der Waals surface area contributed by atoms with Gasteiger partial charge in [0.1, 0.15) is 11.1 Å². The second-order valence-corrected chi connectivity index (χ2v) is 3.54. The molecule has 0 fully saturated rings. The molecule has 4 nitrogen and oxygen atoms in total. The van der Waals surface area contributed by atoms with Gasteiger partial charge in [0.2, 0.25) is 0 Å². The summed E-state index contributed by atoms with van der Waals surface area (Å²) in [6.45, 7) is 2.30. The number of ether oxygens (including phenoxy) is 1. The Hall–Kier alpha value is -1.64. The van der Waals surface area contributed by atoms with Crippen LogP contribution in [-0.4, -0.2) is 22.5 Å². The van der Waals surface area contributed by atoms with Crippen molar-refractivity contribution >= 4 is 29.2 Å².